The molecule has 0 aromatic carbocycles. The Labute approximate surface area is 136 Å². The first-order valence-corrected chi connectivity index (χ1v) is 5.53. The van der Waals surface area contributed by atoms with E-state index in [-0.39, 0.29) is 20.1 Å². The standard InChI is InChI=1S/C8H8.C5H2F6O2.Ir/c1-2-4-6-8-7-5-3-1;6-4(7,8)2(12)1-3(13)5(9,10)11;/h1-2,7-8H2;1,12H;/p-1. The topological polar surface area (TPSA) is 40.1 Å². The number of halogens is 6. The quantitative estimate of drug-likeness (QED) is 0.239. The second-order valence-electron chi connectivity index (χ2n) is 3.58. The van der Waals surface area contributed by atoms with Crippen LogP contribution in [0.1, 0.15) is 25.7 Å². The summed E-state index contributed by atoms with van der Waals surface area (Å²) in [6.45, 7) is 0. The van der Waals surface area contributed by atoms with Crippen molar-refractivity contribution >= 4 is 5.78 Å². The van der Waals surface area contributed by atoms with Crippen LogP contribution in [-0.4, -0.2) is 18.1 Å². The Bertz CT molecular complexity index is 473. The Kier molecular flexibility index (Phi) is 10.7. The van der Waals surface area contributed by atoms with Crippen molar-refractivity contribution in [1.82, 2.24) is 0 Å². The van der Waals surface area contributed by atoms with Crippen LogP contribution in [0, 0.1) is 23.7 Å². The van der Waals surface area contributed by atoms with Crippen LogP contribution >= 0.6 is 0 Å². The summed E-state index contributed by atoms with van der Waals surface area (Å²) in [7, 11) is 0. The van der Waals surface area contributed by atoms with Gasteiger partial charge < -0.3 is 5.11 Å². The van der Waals surface area contributed by atoms with E-state index in [4.69, 9.17) is 0 Å². The molecule has 0 saturated heterocycles. The van der Waals surface area contributed by atoms with Crippen LogP contribution in [0.25, 0.3) is 0 Å². The van der Waals surface area contributed by atoms with Crippen LogP contribution < -0.4 is 5.11 Å². The molecule has 0 saturated carbocycles. The molecule has 0 bridgehead atoms. The summed E-state index contributed by atoms with van der Waals surface area (Å²) in [6.07, 6.45) is -8.08. The van der Waals surface area contributed by atoms with Gasteiger partial charge in [-0.05, 0) is 11.8 Å². The van der Waals surface area contributed by atoms with Crippen molar-refractivity contribution in [3.8, 4) is 23.7 Å². The smallest absolute Gasteiger partial charge is 0.454 e. The summed E-state index contributed by atoms with van der Waals surface area (Å²) in [5, 5.41) is 9.82. The van der Waals surface area contributed by atoms with Gasteiger partial charge >= 0.3 is 12.4 Å². The van der Waals surface area contributed by atoms with Crippen molar-refractivity contribution in [3.63, 3.8) is 0 Å². The predicted octanol–water partition coefficient (Wildman–Crippen LogP) is 2.49. The third-order valence-electron chi connectivity index (χ3n) is 1.82. The number of carbonyl (C=O) groups is 1. The monoisotopic (exact) mass is 504 g/mol. The molecular formula is C13H9F6IrO2-. The van der Waals surface area contributed by atoms with Crippen molar-refractivity contribution in [2.45, 2.75) is 38.0 Å². The van der Waals surface area contributed by atoms with E-state index in [2.05, 4.69) is 23.7 Å². The number of hydrogen-bond acceptors (Lipinski definition) is 2. The van der Waals surface area contributed by atoms with Crippen LogP contribution in [0.3, 0.4) is 0 Å². The number of hydrogen-bond donors (Lipinski definition) is 0. The van der Waals surface area contributed by atoms with Gasteiger partial charge in [-0.15, -0.1) is 23.7 Å². The molecule has 1 aliphatic carbocycles. The molecule has 0 amide bonds. The minimum atomic E-state index is -5.46. The molecule has 125 valence electrons. The average Bonchev–Trinajstić information content (AvgIpc) is 2.25. The number of carbonyl (C=O) groups excluding carboxylic acids is 1. The van der Waals surface area contributed by atoms with Gasteiger partial charge in [-0.25, -0.2) is 0 Å². The maximum Gasteiger partial charge on any atom is 0.454 e. The predicted molar refractivity (Wildman–Crippen MR) is 59.2 cm³/mol. The second kappa shape index (κ2) is 10.3. The van der Waals surface area contributed by atoms with Crippen molar-refractivity contribution in [2.75, 3.05) is 0 Å². The molecule has 0 spiro atoms. The normalized spacial score (nSPS) is 14.4. The zero-order valence-corrected chi connectivity index (χ0v) is 13.2. The van der Waals surface area contributed by atoms with Gasteiger partial charge in [0, 0.05) is 45.8 Å². The molecule has 1 radical (unpaired) electrons. The minimum Gasteiger partial charge on any atom is -0.869 e. The van der Waals surface area contributed by atoms with Crippen molar-refractivity contribution in [3.05, 3.63) is 11.8 Å². The molecule has 2 nitrogen and oxygen atoms in total. The molecule has 0 aromatic heterocycles. The molecule has 0 heterocycles. The average molecular weight is 503 g/mol. The van der Waals surface area contributed by atoms with Crippen molar-refractivity contribution in [1.29, 1.82) is 0 Å². The molecule has 1 aliphatic rings. The summed E-state index contributed by atoms with van der Waals surface area (Å²) < 4.78 is 67.8. The fourth-order valence-electron chi connectivity index (χ4n) is 0.886. The molecular weight excluding hydrogens is 494 g/mol. The molecule has 0 aromatic rings. The third kappa shape index (κ3) is 11.2. The molecule has 0 N–H and O–H groups in total. The molecule has 0 unspecified atom stereocenters. The zero-order chi connectivity index (χ0) is 16.5. The van der Waals surface area contributed by atoms with Crippen LogP contribution in [0.4, 0.5) is 26.3 Å². The molecule has 1 rings (SSSR count). The van der Waals surface area contributed by atoms with E-state index in [0.717, 1.165) is 25.7 Å². The van der Waals surface area contributed by atoms with Gasteiger partial charge in [-0.2, -0.15) is 26.3 Å². The maximum absolute atomic E-state index is 11.3. The van der Waals surface area contributed by atoms with Gasteiger partial charge in [-0.3, -0.25) is 4.79 Å². The van der Waals surface area contributed by atoms with Gasteiger partial charge in [0.15, 0.2) is 0 Å². The van der Waals surface area contributed by atoms with Crippen LogP contribution in [0.5, 0.6) is 0 Å². The molecule has 0 aliphatic heterocycles. The summed E-state index contributed by atoms with van der Waals surface area (Å²) in [4.78, 5) is 9.82. The zero-order valence-electron chi connectivity index (χ0n) is 10.8. The van der Waals surface area contributed by atoms with E-state index in [0.29, 0.717) is 0 Å². The largest absolute Gasteiger partial charge is 0.869 e. The Morgan fingerprint density at radius 1 is 0.818 bits per heavy atom. The van der Waals surface area contributed by atoms with Crippen LogP contribution in [0.2, 0.25) is 0 Å². The van der Waals surface area contributed by atoms with Gasteiger partial charge in [0.25, 0.3) is 5.78 Å². The molecule has 9 heteroatoms. The number of allylic oxidation sites excluding steroid dienone is 2. The summed E-state index contributed by atoms with van der Waals surface area (Å²) in [5.41, 5.74) is 0. The Hall–Kier alpha value is -1.44. The van der Waals surface area contributed by atoms with Crippen molar-refractivity contribution in [2.24, 2.45) is 0 Å². The van der Waals surface area contributed by atoms with Gasteiger partial charge in [-0.1, -0.05) is 0 Å². The van der Waals surface area contributed by atoms with Gasteiger partial charge in [0.05, 0.1) is 0 Å². The van der Waals surface area contributed by atoms with E-state index in [1.807, 2.05) is 0 Å². The van der Waals surface area contributed by atoms with Crippen LogP contribution in [0.15, 0.2) is 11.8 Å². The first-order chi connectivity index (χ1) is 9.55. The summed E-state index contributed by atoms with van der Waals surface area (Å²) in [6, 6.07) is 0. The van der Waals surface area contributed by atoms with E-state index in [1.165, 1.54) is 0 Å². The first kappa shape index (κ1) is 22.8. The molecule has 22 heavy (non-hydrogen) atoms. The van der Waals surface area contributed by atoms with Crippen LogP contribution in [-0.2, 0) is 24.9 Å². The Morgan fingerprint density at radius 3 is 1.36 bits per heavy atom. The summed E-state index contributed by atoms with van der Waals surface area (Å²) in [5.74, 6) is 6.49. The fraction of sp³-hybridized carbons (Fsp3) is 0.462. The summed E-state index contributed by atoms with van der Waals surface area (Å²) >= 11 is 0. The molecule has 0 atom stereocenters. The van der Waals surface area contributed by atoms with Gasteiger partial charge in [0.1, 0.15) is 0 Å². The van der Waals surface area contributed by atoms with E-state index in [1.54, 1.807) is 0 Å². The van der Waals surface area contributed by atoms with Gasteiger partial charge in [0.2, 0.25) is 0 Å². The van der Waals surface area contributed by atoms with E-state index >= 15 is 0 Å². The first-order valence-electron chi connectivity index (χ1n) is 5.53. The van der Waals surface area contributed by atoms with E-state index < -0.39 is 30.0 Å². The third-order valence-corrected chi connectivity index (χ3v) is 1.82. The number of ketones is 1. The number of alkyl halides is 6. The fourth-order valence-corrected chi connectivity index (χ4v) is 0.886. The number of rotatable bonds is 1. The Morgan fingerprint density at radius 2 is 1.14 bits per heavy atom. The second-order valence-corrected chi connectivity index (χ2v) is 3.58. The molecule has 0 fully saturated rings. The Balaban J connectivity index is 0. The minimum absolute atomic E-state index is 0. The maximum atomic E-state index is 11.3. The van der Waals surface area contributed by atoms with Crippen molar-refractivity contribution < 1.29 is 56.3 Å². The SMILES string of the molecule is C1#CCCC#CCC1.O=C(C=C([O-])C(F)(F)F)C(F)(F)F.[Ir]. The van der Waals surface area contributed by atoms with E-state index in [9.17, 15) is 36.2 Å².